The van der Waals surface area contributed by atoms with E-state index >= 15 is 0 Å². The average molecular weight is 449 g/mol. The first-order valence-electron chi connectivity index (χ1n) is 9.12. The molecule has 0 saturated carbocycles. The molecule has 152 valence electrons. The smallest absolute Gasteiger partial charge is 0.227 e. The fourth-order valence-electron chi connectivity index (χ4n) is 4.02. The van der Waals surface area contributed by atoms with Crippen LogP contribution < -0.4 is 4.90 Å². The molecule has 0 aliphatic carbocycles. The number of benzene rings is 2. The molecular weight excluding hydrogens is 436 g/mol. The number of fused-ring (bicyclic) bond motifs is 3. The number of aromatic amines is 1. The van der Waals surface area contributed by atoms with Crippen molar-refractivity contribution in [2.75, 3.05) is 11.4 Å². The number of aromatic nitrogens is 3. The van der Waals surface area contributed by atoms with Crippen LogP contribution in [0.15, 0.2) is 42.6 Å². The Bertz CT molecular complexity index is 1290. The van der Waals surface area contributed by atoms with E-state index in [-0.39, 0.29) is 21.7 Å². The van der Waals surface area contributed by atoms with Crippen molar-refractivity contribution in [1.29, 1.82) is 0 Å². The van der Waals surface area contributed by atoms with E-state index in [1.54, 1.807) is 11.0 Å². The lowest BCUT2D eigenvalue weighted by molar-refractivity contribution is 0.485. The summed E-state index contributed by atoms with van der Waals surface area (Å²) >= 11 is 12.0. The number of hydrogen-bond acceptors (Lipinski definition) is 3. The number of nitrogens with zero attached hydrogens (tertiary/aromatic N) is 3. The van der Waals surface area contributed by atoms with Crippen LogP contribution in [0.3, 0.4) is 0 Å². The predicted molar refractivity (Wildman–Crippen MR) is 110 cm³/mol. The second-order valence-corrected chi connectivity index (χ2v) is 7.79. The van der Waals surface area contributed by atoms with Gasteiger partial charge in [-0.15, -0.1) is 0 Å². The Morgan fingerprint density at radius 3 is 2.70 bits per heavy atom. The molecular formula is C21H13Cl2F3N4. The van der Waals surface area contributed by atoms with Crippen LogP contribution in [0.1, 0.15) is 22.9 Å². The number of halogens is 5. The summed E-state index contributed by atoms with van der Waals surface area (Å²) in [5.41, 5.74) is 2.10. The molecule has 0 radical (unpaired) electrons. The monoisotopic (exact) mass is 448 g/mol. The maximum Gasteiger partial charge on any atom is 0.227 e. The molecule has 30 heavy (non-hydrogen) atoms. The van der Waals surface area contributed by atoms with Crippen molar-refractivity contribution in [3.8, 4) is 0 Å². The molecule has 1 N–H and O–H groups in total. The van der Waals surface area contributed by atoms with Crippen molar-refractivity contribution in [3.05, 3.63) is 87.0 Å². The maximum absolute atomic E-state index is 14.9. The largest absolute Gasteiger partial charge is 0.356 e. The minimum atomic E-state index is -0.967. The Labute approximate surface area is 179 Å². The van der Waals surface area contributed by atoms with Gasteiger partial charge in [-0.1, -0.05) is 35.3 Å². The quantitative estimate of drug-likeness (QED) is 0.392. The molecule has 1 atom stereocenters. The van der Waals surface area contributed by atoms with Crippen LogP contribution in [0.25, 0.3) is 10.9 Å². The second-order valence-electron chi connectivity index (χ2n) is 7.00. The third kappa shape index (κ3) is 3.00. The predicted octanol–water partition coefficient (Wildman–Crippen LogP) is 5.83. The lowest BCUT2D eigenvalue weighted by Gasteiger charge is -2.36. The summed E-state index contributed by atoms with van der Waals surface area (Å²) in [4.78, 5) is 13.4. The molecule has 9 heteroatoms. The van der Waals surface area contributed by atoms with Gasteiger partial charge in [0.05, 0.1) is 5.02 Å². The Hall–Kier alpha value is -2.77. The first-order chi connectivity index (χ1) is 14.4. The van der Waals surface area contributed by atoms with Crippen molar-refractivity contribution in [3.63, 3.8) is 0 Å². The molecule has 1 unspecified atom stereocenters. The van der Waals surface area contributed by atoms with E-state index in [2.05, 4.69) is 15.0 Å². The molecule has 0 bridgehead atoms. The summed E-state index contributed by atoms with van der Waals surface area (Å²) in [6.45, 7) is 0.413. The molecule has 0 spiro atoms. The molecule has 4 aromatic rings. The summed E-state index contributed by atoms with van der Waals surface area (Å²) in [6, 6.07) is 7.63. The fourth-order valence-corrected chi connectivity index (χ4v) is 4.32. The maximum atomic E-state index is 14.9. The van der Waals surface area contributed by atoms with Crippen LogP contribution in [0.5, 0.6) is 0 Å². The highest BCUT2D eigenvalue weighted by Gasteiger charge is 2.35. The number of nitrogens with one attached hydrogen (secondary N) is 1. The fraction of sp³-hybridized carbons (Fsp3) is 0.143. The van der Waals surface area contributed by atoms with E-state index in [0.717, 1.165) is 17.0 Å². The van der Waals surface area contributed by atoms with Gasteiger partial charge in [0.25, 0.3) is 0 Å². The van der Waals surface area contributed by atoms with Crippen molar-refractivity contribution in [1.82, 2.24) is 15.0 Å². The van der Waals surface area contributed by atoms with Gasteiger partial charge in [0, 0.05) is 34.9 Å². The van der Waals surface area contributed by atoms with Gasteiger partial charge in [-0.2, -0.15) is 0 Å². The van der Waals surface area contributed by atoms with E-state index in [9.17, 15) is 13.2 Å². The van der Waals surface area contributed by atoms with Gasteiger partial charge >= 0.3 is 0 Å². The van der Waals surface area contributed by atoms with Crippen molar-refractivity contribution in [2.24, 2.45) is 0 Å². The summed E-state index contributed by atoms with van der Waals surface area (Å²) in [7, 11) is 0. The molecule has 3 heterocycles. The summed E-state index contributed by atoms with van der Waals surface area (Å²) in [5, 5.41) is 0.970. The molecule has 0 amide bonds. The van der Waals surface area contributed by atoms with Crippen LogP contribution in [0.2, 0.25) is 10.2 Å². The van der Waals surface area contributed by atoms with Crippen LogP contribution in [-0.4, -0.2) is 21.5 Å². The van der Waals surface area contributed by atoms with Gasteiger partial charge in [-0.05, 0) is 36.2 Å². The average Bonchev–Trinajstić information content (AvgIpc) is 3.07. The van der Waals surface area contributed by atoms with Gasteiger partial charge < -0.3 is 9.88 Å². The van der Waals surface area contributed by atoms with Crippen LogP contribution in [0.4, 0.5) is 19.1 Å². The van der Waals surface area contributed by atoms with Crippen molar-refractivity contribution in [2.45, 2.75) is 12.5 Å². The highest BCUT2D eigenvalue weighted by Crippen LogP contribution is 2.41. The third-order valence-corrected chi connectivity index (χ3v) is 5.81. The summed E-state index contributed by atoms with van der Waals surface area (Å²) < 4.78 is 43.0. The summed E-state index contributed by atoms with van der Waals surface area (Å²) in [6.07, 6.45) is 2.04. The van der Waals surface area contributed by atoms with Gasteiger partial charge in [0.15, 0.2) is 11.6 Å². The molecule has 4 nitrogen and oxygen atoms in total. The highest BCUT2D eigenvalue weighted by atomic mass is 35.5. The zero-order valence-electron chi connectivity index (χ0n) is 15.3. The van der Waals surface area contributed by atoms with E-state index in [4.69, 9.17) is 23.2 Å². The molecule has 0 saturated heterocycles. The SMILES string of the molecule is Fc1cc2[nH]c3c(c2cc1Cl)CCN(c1nccc(Cl)n1)C3c1cccc(F)c1F. The topological polar surface area (TPSA) is 44.8 Å². The van der Waals surface area contributed by atoms with E-state index < -0.39 is 23.5 Å². The van der Waals surface area contributed by atoms with E-state index in [1.807, 2.05) is 0 Å². The van der Waals surface area contributed by atoms with Gasteiger partial charge in [0.2, 0.25) is 5.95 Å². The third-order valence-electron chi connectivity index (χ3n) is 5.31. The summed E-state index contributed by atoms with van der Waals surface area (Å²) in [5.74, 6) is -2.21. The number of anilines is 1. The second kappa shape index (κ2) is 7.18. The standard InChI is InChI=1S/C21H13Cl2F3N4/c22-13-8-12-10-5-7-30(21-27-6-4-17(23)29-21)20(11-2-1-3-14(24)18(11)26)19(10)28-16(12)9-15(13)25/h1-4,6,8-9,20,28H,5,7H2. The van der Waals surface area contributed by atoms with Crippen LogP contribution >= 0.6 is 23.2 Å². The number of hydrogen-bond donors (Lipinski definition) is 1. The van der Waals surface area contributed by atoms with Gasteiger partial charge in [-0.3, -0.25) is 0 Å². The van der Waals surface area contributed by atoms with Crippen LogP contribution in [-0.2, 0) is 6.42 Å². The Kier molecular flexibility index (Phi) is 4.60. The van der Waals surface area contributed by atoms with E-state index in [1.165, 1.54) is 30.5 Å². The molecule has 2 aromatic carbocycles. The molecule has 0 fully saturated rings. The minimum Gasteiger partial charge on any atom is -0.356 e. The first kappa shape index (κ1) is 19.2. The van der Waals surface area contributed by atoms with Crippen molar-refractivity contribution >= 4 is 40.1 Å². The van der Waals surface area contributed by atoms with Gasteiger partial charge in [0.1, 0.15) is 17.0 Å². The van der Waals surface area contributed by atoms with Crippen LogP contribution in [0, 0.1) is 17.5 Å². The Morgan fingerprint density at radius 1 is 1.07 bits per heavy atom. The molecule has 2 aromatic heterocycles. The Morgan fingerprint density at radius 2 is 1.90 bits per heavy atom. The van der Waals surface area contributed by atoms with Crippen molar-refractivity contribution < 1.29 is 13.2 Å². The number of rotatable bonds is 2. The molecule has 1 aliphatic rings. The molecule has 5 rings (SSSR count). The lowest BCUT2D eigenvalue weighted by Crippen LogP contribution is -2.37. The minimum absolute atomic E-state index is 0.00149. The highest BCUT2D eigenvalue weighted by molar-refractivity contribution is 6.31. The Balaban J connectivity index is 1.77. The molecule has 1 aliphatic heterocycles. The lowest BCUT2D eigenvalue weighted by atomic mass is 9.92. The zero-order chi connectivity index (χ0) is 21.0. The normalized spacial score (nSPS) is 16.2. The zero-order valence-corrected chi connectivity index (χ0v) is 16.8. The van der Waals surface area contributed by atoms with Gasteiger partial charge in [-0.25, -0.2) is 23.1 Å². The number of H-pyrrole nitrogens is 1. The first-order valence-corrected chi connectivity index (χ1v) is 9.88. The van der Waals surface area contributed by atoms with E-state index in [0.29, 0.717) is 24.2 Å².